The number of amides is 4. The number of hydrogen-bond acceptors (Lipinski definition) is 4. The highest BCUT2D eigenvalue weighted by Gasteiger charge is 2.43. The van der Waals surface area contributed by atoms with Crippen LogP contribution in [0, 0.1) is 0 Å². The van der Waals surface area contributed by atoms with Crippen molar-refractivity contribution >= 4 is 31.2 Å². The smallest absolute Gasteiger partial charge is 0.300 e. The van der Waals surface area contributed by atoms with Gasteiger partial charge < -0.3 is 9.62 Å². The van der Waals surface area contributed by atoms with Crippen LogP contribution in [0.25, 0.3) is 0 Å². The summed E-state index contributed by atoms with van der Waals surface area (Å²) in [5.74, 6) is -2.21. The van der Waals surface area contributed by atoms with Crippen LogP contribution in [0.1, 0.15) is 69.1 Å². The number of carbonyl (C=O) groups excluding carboxylic acids is 4. The van der Waals surface area contributed by atoms with Gasteiger partial charge in [0.1, 0.15) is 0 Å². The van der Waals surface area contributed by atoms with Gasteiger partial charge in [-0.15, -0.1) is 0 Å². The van der Waals surface area contributed by atoms with Gasteiger partial charge in [-0.25, -0.2) is 0 Å². The summed E-state index contributed by atoms with van der Waals surface area (Å²) >= 11 is 0. The lowest BCUT2D eigenvalue weighted by Gasteiger charge is -2.18. The maximum absolute atomic E-state index is 12.3. The van der Waals surface area contributed by atoms with E-state index in [1.54, 1.807) is 24.3 Å². The number of fused-ring (bicyclic) bond motifs is 2. The second-order valence-electron chi connectivity index (χ2n) is 5.17. The van der Waals surface area contributed by atoms with E-state index in [1.165, 1.54) is 24.3 Å². The van der Waals surface area contributed by atoms with E-state index in [9.17, 15) is 19.2 Å². The lowest BCUT2D eigenvalue weighted by atomic mass is 10.0. The number of benzene rings is 2. The molecule has 6 nitrogen and oxygen atoms in total. The largest absolute Gasteiger partial charge is 0.412 e. The fourth-order valence-electron chi connectivity index (χ4n) is 2.74. The Morgan fingerprint density at radius 3 is 0.963 bits per heavy atom. The average molecular weight is 363 g/mol. The molecule has 2 aromatic rings. The molecule has 137 valence electrons. The highest BCUT2D eigenvalue weighted by Crippen LogP contribution is 2.25. The molecule has 0 atom stereocenters. The minimum Gasteiger partial charge on any atom is -0.300 e. The summed E-state index contributed by atoms with van der Waals surface area (Å²) < 4.78 is 0. The third-order valence-corrected chi connectivity index (χ3v) is 3.88. The van der Waals surface area contributed by atoms with Gasteiger partial charge in [0.25, 0.3) is 23.6 Å². The highest BCUT2D eigenvalue weighted by atomic mass is 16.2. The van der Waals surface area contributed by atoms with Gasteiger partial charge in [0, 0.05) is 0 Å². The number of hydrogen-bond donors (Lipinski definition) is 0. The predicted octanol–water partition coefficient (Wildman–Crippen LogP) is 3.17. The molecular weight excluding hydrogens is 343 g/mol. The Kier molecular flexibility index (Phi) is 6.29. The summed E-state index contributed by atoms with van der Waals surface area (Å²) in [6.07, 6.45) is 0. The first-order valence-corrected chi connectivity index (χ1v) is 8.88. The summed E-state index contributed by atoms with van der Waals surface area (Å²) in [6.45, 7) is 8.00. The van der Waals surface area contributed by atoms with Crippen LogP contribution in [0.5, 0.6) is 0 Å². The van der Waals surface area contributed by atoms with Crippen LogP contribution in [0.4, 0.5) is 0 Å². The molecule has 2 aliphatic heterocycles. The molecule has 2 aromatic carbocycles. The molecule has 1 radical (unpaired) electrons. The number of carbonyl (C=O) groups is 4. The molecule has 7 heteroatoms. The predicted molar refractivity (Wildman–Crippen MR) is 102 cm³/mol. The molecule has 4 amide bonds. The fraction of sp³-hybridized carbons (Fsp3) is 0.200. The molecule has 0 spiro atoms. The molecule has 0 N–H and O–H groups in total. The number of imide groups is 2. The van der Waals surface area contributed by atoms with Crippen molar-refractivity contribution in [3.05, 3.63) is 70.8 Å². The second-order valence-corrected chi connectivity index (χ2v) is 5.17. The van der Waals surface area contributed by atoms with E-state index in [2.05, 4.69) is 0 Å². The van der Waals surface area contributed by atoms with Crippen molar-refractivity contribution in [2.24, 2.45) is 0 Å². The molecule has 27 heavy (non-hydrogen) atoms. The van der Waals surface area contributed by atoms with Gasteiger partial charge in [-0.3, -0.25) is 19.2 Å². The molecule has 2 heterocycles. The molecule has 0 aliphatic carbocycles. The zero-order chi connectivity index (χ0) is 20.1. The van der Waals surface area contributed by atoms with Crippen molar-refractivity contribution in [3.63, 3.8) is 0 Å². The highest BCUT2D eigenvalue weighted by molar-refractivity contribution is 6.54. The van der Waals surface area contributed by atoms with Gasteiger partial charge in [-0.2, -0.15) is 0 Å². The molecule has 4 rings (SSSR count). The van der Waals surface area contributed by atoms with Gasteiger partial charge in [-0.05, 0) is 24.3 Å². The van der Waals surface area contributed by atoms with Crippen molar-refractivity contribution in [1.82, 2.24) is 9.62 Å². The molecule has 2 aliphatic rings. The van der Waals surface area contributed by atoms with E-state index >= 15 is 0 Å². The van der Waals surface area contributed by atoms with E-state index in [-0.39, 0.29) is 22.3 Å². The van der Waals surface area contributed by atoms with Gasteiger partial charge in [0.2, 0.25) is 0 Å². The molecule has 0 saturated carbocycles. The first-order chi connectivity index (χ1) is 13.1. The summed E-state index contributed by atoms with van der Waals surface area (Å²) in [5, 5.41) is 0. The van der Waals surface area contributed by atoms with E-state index in [0.29, 0.717) is 0 Å². The summed E-state index contributed by atoms with van der Waals surface area (Å²) in [5.41, 5.74) is 1.02. The first kappa shape index (κ1) is 20.1. The van der Waals surface area contributed by atoms with Gasteiger partial charge in [0.15, 0.2) is 0 Å². The van der Waals surface area contributed by atoms with Crippen molar-refractivity contribution < 1.29 is 19.2 Å². The van der Waals surface area contributed by atoms with E-state index < -0.39 is 23.6 Å². The topological polar surface area (TPSA) is 74.8 Å². The Morgan fingerprint density at radius 1 is 0.519 bits per heavy atom. The normalized spacial score (nSPS) is 14.1. The molecule has 0 unspecified atom stereocenters. The third-order valence-electron chi connectivity index (χ3n) is 3.88. The minimum absolute atomic E-state index is 0.255. The lowest BCUT2D eigenvalue weighted by molar-refractivity contribution is 0.0719. The Bertz CT molecular complexity index is 767. The maximum Gasteiger partial charge on any atom is 0.412 e. The van der Waals surface area contributed by atoms with Gasteiger partial charge >= 0.3 is 7.55 Å². The third kappa shape index (κ3) is 3.28. The molecule has 0 bridgehead atoms. The van der Waals surface area contributed by atoms with E-state index in [1.807, 2.05) is 27.7 Å². The Balaban J connectivity index is 0.000000614. The average Bonchev–Trinajstić information content (AvgIpc) is 3.12. The van der Waals surface area contributed by atoms with Crippen LogP contribution in [0.2, 0.25) is 0 Å². The monoisotopic (exact) mass is 363 g/mol. The summed E-state index contributed by atoms with van der Waals surface area (Å²) in [4.78, 5) is 50.8. The fourth-order valence-corrected chi connectivity index (χ4v) is 2.74. The van der Waals surface area contributed by atoms with Crippen molar-refractivity contribution in [1.29, 1.82) is 0 Å². The van der Waals surface area contributed by atoms with Crippen LogP contribution in [0.15, 0.2) is 48.5 Å². The van der Waals surface area contributed by atoms with Crippen LogP contribution in [-0.2, 0) is 0 Å². The van der Waals surface area contributed by atoms with Crippen LogP contribution in [0.3, 0.4) is 0 Å². The van der Waals surface area contributed by atoms with Gasteiger partial charge in [-0.1, -0.05) is 52.0 Å². The quantitative estimate of drug-likeness (QED) is 0.607. The second kappa shape index (κ2) is 8.44. The standard InChI is InChI=1S/C16H8BN2O4.2C2H6/c20-13-9-5-1-2-6-10(9)14(21)18(13)17-19-15(22)11-7-3-4-8-12(11)16(19)23;2*1-2/h1-8H;2*1-2H3. The molecule has 0 fully saturated rings. The Labute approximate surface area is 159 Å². The van der Waals surface area contributed by atoms with Crippen molar-refractivity contribution in [2.45, 2.75) is 27.7 Å². The van der Waals surface area contributed by atoms with E-state index in [4.69, 9.17) is 0 Å². The zero-order valence-corrected chi connectivity index (χ0v) is 15.7. The molecular formula is C20H20BN2O4. The SMILES string of the molecule is CC.CC.O=C1c2ccccc2C(=O)N1[B]N1C(=O)c2ccccc2C1=O. The van der Waals surface area contributed by atoms with E-state index in [0.717, 1.165) is 17.2 Å². The number of rotatable bonds is 2. The minimum atomic E-state index is -0.554. The Morgan fingerprint density at radius 2 is 0.741 bits per heavy atom. The summed E-state index contributed by atoms with van der Waals surface area (Å²) in [6, 6.07) is 12.7. The van der Waals surface area contributed by atoms with Crippen LogP contribution < -0.4 is 0 Å². The number of nitrogens with zero attached hydrogens (tertiary/aromatic N) is 2. The first-order valence-electron chi connectivity index (χ1n) is 8.88. The van der Waals surface area contributed by atoms with Crippen molar-refractivity contribution in [3.8, 4) is 0 Å². The van der Waals surface area contributed by atoms with Crippen molar-refractivity contribution in [2.75, 3.05) is 0 Å². The maximum atomic E-state index is 12.3. The zero-order valence-electron chi connectivity index (χ0n) is 15.7. The lowest BCUT2D eigenvalue weighted by Crippen LogP contribution is -2.47. The Hall–Kier alpha value is -3.22. The molecule has 0 aromatic heterocycles. The van der Waals surface area contributed by atoms with Gasteiger partial charge in [0.05, 0.1) is 22.3 Å². The van der Waals surface area contributed by atoms with Crippen LogP contribution >= 0.6 is 0 Å². The van der Waals surface area contributed by atoms with Crippen LogP contribution in [-0.4, -0.2) is 40.8 Å². The summed E-state index contributed by atoms with van der Waals surface area (Å²) in [7, 11) is 0.981. The molecule has 0 saturated heterocycles.